The van der Waals surface area contributed by atoms with E-state index in [0.717, 1.165) is 28.0 Å². The van der Waals surface area contributed by atoms with Crippen molar-refractivity contribution in [2.45, 2.75) is 26.7 Å². The van der Waals surface area contributed by atoms with Gasteiger partial charge in [-0.3, -0.25) is 4.79 Å². The van der Waals surface area contributed by atoms with Gasteiger partial charge in [0.1, 0.15) is 5.82 Å². The SMILES string of the molecule is Cc1cc(-c2ccccc2C)c(F)cc1C1=NNC(=O)CC1. The Bertz CT molecular complexity index is 781. The summed E-state index contributed by atoms with van der Waals surface area (Å²) in [6.45, 7) is 3.91. The molecule has 0 atom stereocenters. The van der Waals surface area contributed by atoms with E-state index < -0.39 is 0 Å². The van der Waals surface area contributed by atoms with Gasteiger partial charge < -0.3 is 0 Å². The Balaban J connectivity index is 2.06. The highest BCUT2D eigenvalue weighted by Crippen LogP contribution is 2.29. The normalized spacial score (nSPS) is 14.5. The molecule has 22 heavy (non-hydrogen) atoms. The van der Waals surface area contributed by atoms with E-state index in [1.54, 1.807) is 0 Å². The van der Waals surface area contributed by atoms with Gasteiger partial charge in [0.15, 0.2) is 0 Å². The van der Waals surface area contributed by atoms with Crippen LogP contribution < -0.4 is 5.43 Å². The molecule has 0 fully saturated rings. The van der Waals surface area contributed by atoms with Crippen molar-refractivity contribution < 1.29 is 9.18 Å². The van der Waals surface area contributed by atoms with Gasteiger partial charge in [0.2, 0.25) is 5.91 Å². The highest BCUT2D eigenvalue weighted by molar-refractivity contribution is 6.05. The first-order chi connectivity index (χ1) is 10.6. The van der Waals surface area contributed by atoms with Crippen LogP contribution in [0, 0.1) is 19.7 Å². The quantitative estimate of drug-likeness (QED) is 0.901. The van der Waals surface area contributed by atoms with Gasteiger partial charge in [-0.15, -0.1) is 0 Å². The van der Waals surface area contributed by atoms with Gasteiger partial charge in [-0.25, -0.2) is 9.82 Å². The van der Waals surface area contributed by atoms with Crippen LogP contribution in [0.3, 0.4) is 0 Å². The van der Waals surface area contributed by atoms with Gasteiger partial charge >= 0.3 is 0 Å². The Morgan fingerprint density at radius 2 is 1.77 bits per heavy atom. The molecule has 0 unspecified atom stereocenters. The van der Waals surface area contributed by atoms with Crippen LogP contribution in [0.4, 0.5) is 4.39 Å². The number of nitrogens with zero attached hydrogens (tertiary/aromatic N) is 1. The van der Waals surface area contributed by atoms with E-state index >= 15 is 0 Å². The van der Waals surface area contributed by atoms with E-state index in [1.807, 2.05) is 44.2 Å². The molecule has 2 aromatic rings. The number of nitrogens with one attached hydrogen (secondary N) is 1. The standard InChI is InChI=1S/C18H17FN2O/c1-11-5-3-4-6-13(11)15-9-12(2)14(10-16(15)19)17-7-8-18(22)21-20-17/h3-6,9-10H,7-8H2,1-2H3,(H,21,22). The van der Waals surface area contributed by atoms with Crippen LogP contribution in [0.15, 0.2) is 41.5 Å². The molecule has 1 amide bonds. The molecular formula is C18H17FN2O. The van der Waals surface area contributed by atoms with Crippen molar-refractivity contribution in [1.29, 1.82) is 0 Å². The molecule has 0 spiro atoms. The number of amides is 1. The van der Waals surface area contributed by atoms with Gasteiger partial charge in [0.05, 0.1) is 5.71 Å². The Hall–Kier alpha value is -2.49. The number of hydrogen-bond acceptors (Lipinski definition) is 2. The van der Waals surface area contributed by atoms with Crippen LogP contribution in [0.1, 0.15) is 29.5 Å². The van der Waals surface area contributed by atoms with Crippen LogP contribution in [0.5, 0.6) is 0 Å². The number of aryl methyl sites for hydroxylation is 2. The third kappa shape index (κ3) is 2.64. The molecule has 0 bridgehead atoms. The van der Waals surface area contributed by atoms with Crippen LogP contribution in [-0.2, 0) is 4.79 Å². The summed E-state index contributed by atoms with van der Waals surface area (Å²) in [7, 11) is 0. The van der Waals surface area contributed by atoms with E-state index in [4.69, 9.17) is 0 Å². The number of rotatable bonds is 2. The average molecular weight is 296 g/mol. The molecule has 3 rings (SSSR count). The maximum absolute atomic E-state index is 14.6. The molecule has 0 aromatic heterocycles. The average Bonchev–Trinajstić information content (AvgIpc) is 2.51. The topological polar surface area (TPSA) is 41.5 Å². The maximum Gasteiger partial charge on any atom is 0.240 e. The van der Waals surface area contributed by atoms with Crippen molar-refractivity contribution in [1.82, 2.24) is 5.43 Å². The lowest BCUT2D eigenvalue weighted by atomic mass is 9.93. The first kappa shape index (κ1) is 14.4. The highest BCUT2D eigenvalue weighted by atomic mass is 19.1. The number of carbonyl (C=O) groups excluding carboxylic acids is 1. The third-order valence-electron chi connectivity index (χ3n) is 3.96. The maximum atomic E-state index is 14.6. The second-order valence-corrected chi connectivity index (χ2v) is 5.56. The third-order valence-corrected chi connectivity index (χ3v) is 3.96. The Labute approximate surface area is 128 Å². The van der Waals surface area contributed by atoms with E-state index in [1.165, 1.54) is 6.07 Å². The molecule has 1 heterocycles. The minimum atomic E-state index is -0.269. The second kappa shape index (κ2) is 5.72. The molecule has 0 aliphatic carbocycles. The van der Waals surface area contributed by atoms with E-state index in [2.05, 4.69) is 10.5 Å². The fourth-order valence-corrected chi connectivity index (χ4v) is 2.74. The molecule has 3 nitrogen and oxygen atoms in total. The van der Waals surface area contributed by atoms with Crippen molar-refractivity contribution in [3.8, 4) is 11.1 Å². The summed E-state index contributed by atoms with van der Waals surface area (Å²) in [5, 5.41) is 4.05. The molecule has 4 heteroatoms. The van der Waals surface area contributed by atoms with E-state index in [0.29, 0.717) is 18.4 Å². The van der Waals surface area contributed by atoms with E-state index in [9.17, 15) is 9.18 Å². The predicted molar refractivity (Wildman–Crippen MR) is 85.2 cm³/mol. The van der Waals surface area contributed by atoms with Crippen LogP contribution in [-0.4, -0.2) is 11.6 Å². The Morgan fingerprint density at radius 1 is 1.00 bits per heavy atom. The molecule has 1 aliphatic heterocycles. The second-order valence-electron chi connectivity index (χ2n) is 5.56. The molecule has 1 N–H and O–H groups in total. The van der Waals surface area contributed by atoms with E-state index in [-0.39, 0.29) is 11.7 Å². The summed E-state index contributed by atoms with van der Waals surface area (Å²) >= 11 is 0. The first-order valence-corrected chi connectivity index (χ1v) is 7.28. The fraction of sp³-hybridized carbons (Fsp3) is 0.222. The summed E-state index contributed by atoms with van der Waals surface area (Å²) in [6, 6.07) is 11.1. The number of hydrogen-bond donors (Lipinski definition) is 1. The first-order valence-electron chi connectivity index (χ1n) is 7.28. The van der Waals surface area contributed by atoms with Crippen LogP contribution in [0.25, 0.3) is 11.1 Å². The number of hydrazone groups is 1. The van der Waals surface area contributed by atoms with Gasteiger partial charge in [-0.05, 0) is 42.7 Å². The summed E-state index contributed by atoms with van der Waals surface area (Å²) in [5.74, 6) is -0.368. The molecule has 0 radical (unpaired) electrons. The summed E-state index contributed by atoms with van der Waals surface area (Å²) < 4.78 is 14.6. The lowest BCUT2D eigenvalue weighted by Crippen LogP contribution is -2.26. The molecule has 0 saturated carbocycles. The zero-order chi connectivity index (χ0) is 15.7. The molecule has 112 valence electrons. The van der Waals surface area contributed by atoms with Gasteiger partial charge in [-0.2, -0.15) is 5.10 Å². The summed E-state index contributed by atoms with van der Waals surface area (Å²) in [6.07, 6.45) is 0.926. The van der Waals surface area contributed by atoms with Crippen molar-refractivity contribution in [3.05, 3.63) is 58.9 Å². The van der Waals surface area contributed by atoms with Gasteiger partial charge in [0.25, 0.3) is 0 Å². The smallest absolute Gasteiger partial charge is 0.240 e. The predicted octanol–water partition coefficient (Wildman–Crippen LogP) is 3.72. The highest BCUT2D eigenvalue weighted by Gasteiger charge is 2.18. The fourth-order valence-electron chi connectivity index (χ4n) is 2.74. The lowest BCUT2D eigenvalue weighted by molar-refractivity contribution is -0.121. The largest absolute Gasteiger partial charge is 0.273 e. The lowest BCUT2D eigenvalue weighted by Gasteiger charge is -2.16. The molecule has 2 aromatic carbocycles. The Morgan fingerprint density at radius 3 is 2.45 bits per heavy atom. The number of carbonyl (C=O) groups is 1. The van der Waals surface area contributed by atoms with Crippen LogP contribution >= 0.6 is 0 Å². The summed E-state index contributed by atoms with van der Waals surface area (Å²) in [4.78, 5) is 11.2. The van der Waals surface area contributed by atoms with Crippen molar-refractivity contribution in [3.63, 3.8) is 0 Å². The summed E-state index contributed by atoms with van der Waals surface area (Å²) in [5.41, 5.74) is 7.43. The molecule has 1 aliphatic rings. The van der Waals surface area contributed by atoms with Crippen molar-refractivity contribution in [2.75, 3.05) is 0 Å². The van der Waals surface area contributed by atoms with Gasteiger partial charge in [0, 0.05) is 24.0 Å². The molecule has 0 saturated heterocycles. The molecular weight excluding hydrogens is 279 g/mol. The zero-order valence-electron chi connectivity index (χ0n) is 12.6. The van der Waals surface area contributed by atoms with Gasteiger partial charge in [-0.1, -0.05) is 24.3 Å². The van der Waals surface area contributed by atoms with Crippen LogP contribution in [0.2, 0.25) is 0 Å². The number of benzene rings is 2. The minimum Gasteiger partial charge on any atom is -0.273 e. The minimum absolute atomic E-state index is 0.0987. The van der Waals surface area contributed by atoms with Crippen molar-refractivity contribution >= 4 is 11.6 Å². The Kier molecular flexibility index (Phi) is 3.75. The monoisotopic (exact) mass is 296 g/mol. The zero-order valence-corrected chi connectivity index (χ0v) is 12.6. The van der Waals surface area contributed by atoms with Crippen molar-refractivity contribution in [2.24, 2.45) is 5.10 Å². The number of halogens is 1.